The number of Topliss-reactive ketones (excluding diaryl/α,β-unsaturated/α-hetero) is 1. The van der Waals surface area contributed by atoms with E-state index in [0.717, 1.165) is 11.3 Å². The molecule has 0 saturated carbocycles. The Kier molecular flexibility index (Phi) is 7.12. The monoisotopic (exact) mass is 271 g/mol. The predicted molar refractivity (Wildman–Crippen MR) is 73.4 cm³/mol. The molecule has 102 valence electrons. The van der Waals surface area contributed by atoms with Crippen LogP contribution < -0.4 is 0 Å². The highest BCUT2D eigenvalue weighted by Crippen LogP contribution is 2.17. The SMILES string of the molecule is CCc1ccc(C(=O)CN(CCO)CCOC)s1. The molecule has 0 atom stereocenters. The van der Waals surface area contributed by atoms with Gasteiger partial charge in [0, 0.05) is 25.1 Å². The van der Waals surface area contributed by atoms with Crippen LogP contribution in [-0.2, 0) is 11.2 Å². The van der Waals surface area contributed by atoms with E-state index in [0.29, 0.717) is 26.2 Å². The topological polar surface area (TPSA) is 49.8 Å². The number of ether oxygens (including phenoxy) is 1. The minimum Gasteiger partial charge on any atom is -0.395 e. The Bertz CT molecular complexity index is 365. The summed E-state index contributed by atoms with van der Waals surface area (Å²) in [5, 5.41) is 8.97. The molecule has 0 radical (unpaired) electrons. The summed E-state index contributed by atoms with van der Waals surface area (Å²) in [6, 6.07) is 3.89. The third-order valence-corrected chi connectivity index (χ3v) is 3.95. The van der Waals surface area contributed by atoms with E-state index >= 15 is 0 Å². The largest absolute Gasteiger partial charge is 0.395 e. The summed E-state index contributed by atoms with van der Waals surface area (Å²) >= 11 is 1.55. The Morgan fingerprint density at radius 2 is 2.22 bits per heavy atom. The molecule has 0 bridgehead atoms. The van der Waals surface area contributed by atoms with E-state index in [2.05, 4.69) is 6.92 Å². The van der Waals surface area contributed by atoms with Crippen molar-refractivity contribution in [3.63, 3.8) is 0 Å². The van der Waals surface area contributed by atoms with Crippen LogP contribution in [0.5, 0.6) is 0 Å². The number of hydrogen-bond acceptors (Lipinski definition) is 5. The predicted octanol–water partition coefficient (Wildman–Crippen LogP) is 1.43. The minimum atomic E-state index is 0.0572. The van der Waals surface area contributed by atoms with Crippen molar-refractivity contribution in [2.45, 2.75) is 13.3 Å². The van der Waals surface area contributed by atoms with Gasteiger partial charge in [-0.15, -0.1) is 11.3 Å². The van der Waals surface area contributed by atoms with Crippen LogP contribution in [0.4, 0.5) is 0 Å². The molecule has 0 aliphatic rings. The summed E-state index contributed by atoms with van der Waals surface area (Å²) in [5.41, 5.74) is 0. The van der Waals surface area contributed by atoms with E-state index < -0.39 is 0 Å². The van der Waals surface area contributed by atoms with Gasteiger partial charge in [0.15, 0.2) is 5.78 Å². The number of aryl methyl sites for hydroxylation is 1. The zero-order chi connectivity index (χ0) is 13.4. The number of carbonyl (C=O) groups is 1. The van der Waals surface area contributed by atoms with Crippen molar-refractivity contribution in [3.8, 4) is 0 Å². The number of ketones is 1. The molecule has 1 aromatic rings. The highest BCUT2D eigenvalue weighted by molar-refractivity contribution is 7.14. The van der Waals surface area contributed by atoms with E-state index in [1.54, 1.807) is 18.4 Å². The number of nitrogens with zero attached hydrogens (tertiary/aromatic N) is 1. The van der Waals surface area contributed by atoms with Crippen molar-refractivity contribution in [1.82, 2.24) is 4.90 Å². The Morgan fingerprint density at radius 1 is 1.44 bits per heavy atom. The lowest BCUT2D eigenvalue weighted by Crippen LogP contribution is -2.34. The normalized spacial score (nSPS) is 11.1. The molecule has 0 amide bonds. The summed E-state index contributed by atoms with van der Waals surface area (Å²) in [4.78, 5) is 16.0. The minimum absolute atomic E-state index is 0.0572. The number of aliphatic hydroxyl groups excluding tert-OH is 1. The summed E-state index contributed by atoms with van der Waals surface area (Å²) < 4.78 is 5.00. The Morgan fingerprint density at radius 3 is 2.78 bits per heavy atom. The number of aliphatic hydroxyl groups is 1. The average Bonchev–Trinajstić information content (AvgIpc) is 2.85. The van der Waals surface area contributed by atoms with Crippen LogP contribution in [0.15, 0.2) is 12.1 Å². The summed E-state index contributed by atoms with van der Waals surface area (Å²) in [6.45, 7) is 4.21. The van der Waals surface area contributed by atoms with Gasteiger partial charge in [-0.2, -0.15) is 0 Å². The van der Waals surface area contributed by atoms with Crippen molar-refractivity contribution >= 4 is 17.1 Å². The molecule has 5 heteroatoms. The molecule has 4 nitrogen and oxygen atoms in total. The van der Waals surface area contributed by atoms with Crippen LogP contribution >= 0.6 is 11.3 Å². The van der Waals surface area contributed by atoms with Crippen LogP contribution in [0.1, 0.15) is 21.5 Å². The van der Waals surface area contributed by atoms with Crippen molar-refractivity contribution < 1.29 is 14.6 Å². The lowest BCUT2D eigenvalue weighted by atomic mass is 10.3. The van der Waals surface area contributed by atoms with Gasteiger partial charge < -0.3 is 9.84 Å². The molecule has 0 aliphatic heterocycles. The van der Waals surface area contributed by atoms with Crippen LogP contribution in [0.25, 0.3) is 0 Å². The third-order valence-electron chi connectivity index (χ3n) is 2.68. The number of hydrogen-bond donors (Lipinski definition) is 1. The molecular formula is C13H21NO3S. The van der Waals surface area contributed by atoms with Crippen molar-refractivity contribution in [2.24, 2.45) is 0 Å². The van der Waals surface area contributed by atoms with Gasteiger partial charge in [-0.1, -0.05) is 6.92 Å². The third kappa shape index (κ3) is 4.86. The molecule has 1 N–H and O–H groups in total. The maximum Gasteiger partial charge on any atom is 0.186 e. The first-order valence-corrected chi connectivity index (χ1v) is 6.97. The van der Waals surface area contributed by atoms with Crippen molar-refractivity contribution in [1.29, 1.82) is 0 Å². The number of methoxy groups -OCH3 is 1. The molecule has 0 fully saturated rings. The number of thiophene rings is 1. The van der Waals surface area contributed by atoms with E-state index in [9.17, 15) is 4.79 Å². The number of carbonyl (C=O) groups excluding carboxylic acids is 1. The molecule has 0 unspecified atom stereocenters. The second kappa shape index (κ2) is 8.37. The van der Waals surface area contributed by atoms with Gasteiger partial charge in [0.1, 0.15) is 0 Å². The highest BCUT2D eigenvalue weighted by atomic mass is 32.1. The van der Waals surface area contributed by atoms with Gasteiger partial charge in [-0.05, 0) is 18.6 Å². The Balaban J connectivity index is 2.53. The molecule has 1 heterocycles. The molecule has 0 saturated heterocycles. The highest BCUT2D eigenvalue weighted by Gasteiger charge is 2.13. The standard InChI is InChI=1S/C13H21NO3S/c1-3-11-4-5-13(18-11)12(16)10-14(6-8-15)7-9-17-2/h4-5,15H,3,6-10H2,1-2H3. The molecule has 0 aliphatic carbocycles. The van der Waals surface area contributed by atoms with E-state index in [1.165, 1.54) is 4.88 Å². The first-order chi connectivity index (χ1) is 8.71. The fourth-order valence-electron chi connectivity index (χ4n) is 1.63. The smallest absolute Gasteiger partial charge is 0.186 e. The van der Waals surface area contributed by atoms with Crippen LogP contribution in [0, 0.1) is 0 Å². The quantitative estimate of drug-likeness (QED) is 0.690. The lowest BCUT2D eigenvalue weighted by Gasteiger charge is -2.19. The van der Waals surface area contributed by atoms with Gasteiger partial charge in [0.05, 0.1) is 24.6 Å². The van der Waals surface area contributed by atoms with Gasteiger partial charge >= 0.3 is 0 Å². The van der Waals surface area contributed by atoms with E-state index in [-0.39, 0.29) is 12.4 Å². The first-order valence-electron chi connectivity index (χ1n) is 6.15. The molecule has 0 aromatic carbocycles. The summed E-state index contributed by atoms with van der Waals surface area (Å²) in [6.07, 6.45) is 0.960. The Labute approximate surface area is 112 Å². The molecular weight excluding hydrogens is 250 g/mol. The molecule has 0 spiro atoms. The van der Waals surface area contributed by atoms with Crippen LogP contribution in [0.2, 0.25) is 0 Å². The molecule has 1 aromatic heterocycles. The summed E-state index contributed by atoms with van der Waals surface area (Å²) in [7, 11) is 1.63. The zero-order valence-electron chi connectivity index (χ0n) is 11.0. The fraction of sp³-hybridized carbons (Fsp3) is 0.615. The average molecular weight is 271 g/mol. The zero-order valence-corrected chi connectivity index (χ0v) is 11.8. The van der Waals surface area contributed by atoms with E-state index in [1.807, 2.05) is 17.0 Å². The second-order valence-corrected chi connectivity index (χ2v) is 5.20. The van der Waals surface area contributed by atoms with Crippen LogP contribution in [0.3, 0.4) is 0 Å². The van der Waals surface area contributed by atoms with E-state index in [4.69, 9.17) is 9.84 Å². The van der Waals surface area contributed by atoms with Gasteiger partial charge in [-0.3, -0.25) is 9.69 Å². The fourth-order valence-corrected chi connectivity index (χ4v) is 2.51. The maximum atomic E-state index is 12.1. The molecule has 1 rings (SSSR count). The van der Waals surface area contributed by atoms with Gasteiger partial charge in [-0.25, -0.2) is 0 Å². The van der Waals surface area contributed by atoms with Gasteiger partial charge in [0.25, 0.3) is 0 Å². The molecule has 18 heavy (non-hydrogen) atoms. The Hall–Kier alpha value is -0.750. The summed E-state index contributed by atoms with van der Waals surface area (Å²) in [5.74, 6) is 0.115. The van der Waals surface area contributed by atoms with Crippen molar-refractivity contribution in [2.75, 3.05) is 40.0 Å². The van der Waals surface area contributed by atoms with Gasteiger partial charge in [0.2, 0.25) is 0 Å². The second-order valence-electron chi connectivity index (χ2n) is 4.04. The first kappa shape index (κ1) is 15.3. The number of rotatable bonds is 9. The van der Waals surface area contributed by atoms with Crippen molar-refractivity contribution in [3.05, 3.63) is 21.9 Å². The maximum absolute atomic E-state index is 12.1. The lowest BCUT2D eigenvalue weighted by molar-refractivity contribution is 0.0872. The van der Waals surface area contributed by atoms with Crippen LogP contribution in [-0.4, -0.2) is 55.7 Å².